The van der Waals surface area contributed by atoms with Crippen LogP contribution >= 0.6 is 11.6 Å². The Morgan fingerprint density at radius 2 is 1.96 bits per heavy atom. The first-order chi connectivity index (χ1) is 12.6. The zero-order valence-corrected chi connectivity index (χ0v) is 16.0. The number of rotatable bonds is 7. The summed E-state index contributed by atoms with van der Waals surface area (Å²) in [6, 6.07) is 13.1. The van der Waals surface area contributed by atoms with Gasteiger partial charge in [0, 0.05) is 17.1 Å². The average Bonchev–Trinajstić information content (AvgIpc) is 2.98. The highest BCUT2D eigenvalue weighted by molar-refractivity contribution is 6.31. The third-order valence-electron chi connectivity index (χ3n) is 4.49. The van der Waals surface area contributed by atoms with Gasteiger partial charge in [0.2, 0.25) is 5.95 Å². The minimum Gasteiger partial charge on any atom is -0.507 e. The Morgan fingerprint density at radius 3 is 2.77 bits per heavy atom. The molecule has 0 saturated heterocycles. The van der Waals surface area contributed by atoms with Gasteiger partial charge in [-0.25, -0.2) is 9.98 Å². The number of para-hydroxylation sites is 2. The lowest BCUT2D eigenvalue weighted by atomic mass is 10.1. The van der Waals surface area contributed by atoms with Crippen molar-refractivity contribution in [1.82, 2.24) is 9.55 Å². The molecule has 0 aliphatic carbocycles. The van der Waals surface area contributed by atoms with Crippen LogP contribution in [-0.4, -0.2) is 20.4 Å². The number of aliphatic imine (C=N–C) groups is 1. The molecule has 1 heterocycles. The molecular weight excluding hydrogens is 346 g/mol. The molecule has 1 N–H and O–H groups in total. The number of hydrogen-bond donors (Lipinski definition) is 1. The summed E-state index contributed by atoms with van der Waals surface area (Å²) < 4.78 is 2.16. The molecule has 136 valence electrons. The molecule has 26 heavy (non-hydrogen) atoms. The van der Waals surface area contributed by atoms with Crippen LogP contribution < -0.4 is 0 Å². The maximum Gasteiger partial charge on any atom is 0.230 e. The average molecular weight is 370 g/mol. The molecule has 0 radical (unpaired) electrons. The number of aromatic nitrogens is 2. The summed E-state index contributed by atoms with van der Waals surface area (Å²) in [5.41, 5.74) is 3.34. The molecule has 2 aromatic carbocycles. The smallest absolute Gasteiger partial charge is 0.230 e. The fourth-order valence-corrected chi connectivity index (χ4v) is 3.25. The van der Waals surface area contributed by atoms with E-state index in [0.717, 1.165) is 24.0 Å². The zero-order valence-electron chi connectivity index (χ0n) is 15.2. The van der Waals surface area contributed by atoms with Crippen LogP contribution in [-0.2, 0) is 6.54 Å². The number of hydrogen-bond acceptors (Lipinski definition) is 3. The van der Waals surface area contributed by atoms with Crippen molar-refractivity contribution in [2.45, 2.75) is 46.1 Å². The van der Waals surface area contributed by atoms with Crippen LogP contribution in [0.5, 0.6) is 5.75 Å². The van der Waals surface area contributed by atoms with E-state index in [9.17, 15) is 5.11 Å². The van der Waals surface area contributed by atoms with Crippen LogP contribution in [0.3, 0.4) is 0 Å². The molecule has 0 aliphatic rings. The highest BCUT2D eigenvalue weighted by Crippen LogP contribution is 2.26. The van der Waals surface area contributed by atoms with Crippen LogP contribution in [0.25, 0.3) is 11.0 Å². The summed E-state index contributed by atoms with van der Waals surface area (Å²) in [5.74, 6) is 0.834. The summed E-state index contributed by atoms with van der Waals surface area (Å²) >= 11 is 6.07. The van der Waals surface area contributed by atoms with Gasteiger partial charge in [-0.1, -0.05) is 49.9 Å². The van der Waals surface area contributed by atoms with Gasteiger partial charge in [-0.2, -0.15) is 0 Å². The highest BCUT2D eigenvalue weighted by Gasteiger charge is 2.12. The lowest BCUT2D eigenvalue weighted by Gasteiger charge is -2.08. The number of phenolic OH excluding ortho intramolecular Hbond substituents is 1. The van der Waals surface area contributed by atoms with Crippen molar-refractivity contribution in [3.05, 3.63) is 53.1 Å². The summed E-state index contributed by atoms with van der Waals surface area (Å²) in [5, 5.41) is 10.7. The Labute approximate surface area is 159 Å². The highest BCUT2D eigenvalue weighted by atomic mass is 35.5. The number of phenols is 1. The van der Waals surface area contributed by atoms with E-state index >= 15 is 0 Å². The van der Waals surface area contributed by atoms with Crippen molar-refractivity contribution < 1.29 is 5.11 Å². The molecule has 0 unspecified atom stereocenters. The Balaban J connectivity index is 1.99. The van der Waals surface area contributed by atoms with Crippen LogP contribution in [0.15, 0.2) is 47.5 Å². The molecule has 0 amide bonds. The van der Waals surface area contributed by atoms with Gasteiger partial charge in [-0.05, 0) is 43.7 Å². The number of benzene rings is 2. The lowest BCUT2D eigenvalue weighted by molar-refractivity contribution is 0.474. The van der Waals surface area contributed by atoms with Crippen molar-refractivity contribution in [3.8, 4) is 5.75 Å². The number of aryl methyl sites for hydroxylation is 1. The Kier molecular flexibility index (Phi) is 5.94. The molecule has 0 aliphatic heterocycles. The third kappa shape index (κ3) is 4.07. The van der Waals surface area contributed by atoms with E-state index in [-0.39, 0.29) is 5.75 Å². The number of aromatic hydroxyl groups is 1. The summed E-state index contributed by atoms with van der Waals surface area (Å²) in [6.45, 7) is 4.96. The van der Waals surface area contributed by atoms with Gasteiger partial charge < -0.3 is 9.67 Å². The Morgan fingerprint density at radius 1 is 1.15 bits per heavy atom. The van der Waals surface area contributed by atoms with Gasteiger partial charge in [0.1, 0.15) is 5.75 Å². The fourth-order valence-electron chi connectivity index (χ4n) is 3.07. The topological polar surface area (TPSA) is 50.4 Å². The normalized spacial score (nSPS) is 12.0. The van der Waals surface area contributed by atoms with E-state index in [1.54, 1.807) is 18.2 Å². The van der Waals surface area contributed by atoms with Crippen LogP contribution in [0.4, 0.5) is 5.95 Å². The summed E-state index contributed by atoms with van der Waals surface area (Å²) in [4.78, 5) is 9.41. The van der Waals surface area contributed by atoms with E-state index in [2.05, 4.69) is 22.5 Å². The monoisotopic (exact) mass is 369 g/mol. The predicted octanol–water partition coefficient (Wildman–Crippen LogP) is 6.12. The van der Waals surface area contributed by atoms with E-state index in [4.69, 9.17) is 16.6 Å². The summed E-state index contributed by atoms with van der Waals surface area (Å²) in [6.07, 6.45) is 4.74. The third-order valence-corrected chi connectivity index (χ3v) is 4.72. The standard InChI is InChI=1S/C21H24ClN3O/c1-3-4-5-8-13-25-19-10-7-6-9-18(19)24-21(25)23-15(2)17-14-16(22)11-12-20(17)26/h6-7,9-12,14,26H,3-5,8,13H2,1-2H3. The molecular formula is C21H24ClN3O. The lowest BCUT2D eigenvalue weighted by Crippen LogP contribution is -2.00. The second kappa shape index (κ2) is 8.37. The van der Waals surface area contributed by atoms with Crippen LogP contribution in [0.1, 0.15) is 45.1 Å². The number of imidazole rings is 1. The van der Waals surface area contributed by atoms with Gasteiger partial charge in [-0.3, -0.25) is 0 Å². The second-order valence-corrected chi connectivity index (χ2v) is 6.91. The van der Waals surface area contributed by atoms with Gasteiger partial charge in [0.05, 0.1) is 16.7 Å². The largest absolute Gasteiger partial charge is 0.507 e. The first kappa shape index (κ1) is 18.5. The van der Waals surface area contributed by atoms with Crippen LogP contribution in [0.2, 0.25) is 5.02 Å². The minimum absolute atomic E-state index is 0.168. The number of halogens is 1. The molecule has 0 atom stereocenters. The van der Waals surface area contributed by atoms with E-state index < -0.39 is 0 Å². The molecule has 3 rings (SSSR count). The molecule has 0 spiro atoms. The molecule has 3 aromatic rings. The first-order valence-electron chi connectivity index (χ1n) is 9.09. The van der Waals surface area contributed by atoms with Gasteiger partial charge in [0.15, 0.2) is 0 Å². The second-order valence-electron chi connectivity index (χ2n) is 6.47. The van der Waals surface area contributed by atoms with Gasteiger partial charge >= 0.3 is 0 Å². The molecule has 5 heteroatoms. The van der Waals surface area contributed by atoms with Crippen molar-refractivity contribution in [2.75, 3.05) is 0 Å². The van der Waals surface area contributed by atoms with E-state index in [1.165, 1.54) is 19.3 Å². The number of nitrogens with zero attached hydrogens (tertiary/aromatic N) is 3. The van der Waals surface area contributed by atoms with Crippen molar-refractivity contribution in [1.29, 1.82) is 0 Å². The Hall–Kier alpha value is -2.33. The number of unbranched alkanes of at least 4 members (excludes halogenated alkanes) is 3. The zero-order chi connectivity index (χ0) is 18.5. The van der Waals surface area contributed by atoms with Crippen molar-refractivity contribution in [3.63, 3.8) is 0 Å². The molecule has 1 aromatic heterocycles. The maximum absolute atomic E-state index is 10.1. The molecule has 4 nitrogen and oxygen atoms in total. The van der Waals surface area contributed by atoms with Crippen molar-refractivity contribution in [2.24, 2.45) is 4.99 Å². The summed E-state index contributed by atoms with van der Waals surface area (Å²) in [7, 11) is 0. The van der Waals surface area contributed by atoms with Crippen LogP contribution in [0, 0.1) is 0 Å². The predicted molar refractivity (Wildman–Crippen MR) is 109 cm³/mol. The van der Waals surface area contributed by atoms with E-state index in [1.807, 2.05) is 25.1 Å². The SMILES string of the molecule is CCCCCCn1c(N=C(C)c2cc(Cl)ccc2O)nc2ccccc21. The van der Waals surface area contributed by atoms with Crippen molar-refractivity contribution >= 4 is 34.3 Å². The van der Waals surface area contributed by atoms with E-state index in [0.29, 0.717) is 22.2 Å². The minimum atomic E-state index is 0.168. The number of fused-ring (bicyclic) bond motifs is 1. The molecule has 0 saturated carbocycles. The Bertz CT molecular complexity index is 930. The maximum atomic E-state index is 10.1. The quantitative estimate of drug-likeness (QED) is 0.403. The van der Waals surface area contributed by atoms with Gasteiger partial charge in [-0.15, -0.1) is 0 Å². The fraction of sp³-hybridized carbons (Fsp3) is 0.333. The first-order valence-corrected chi connectivity index (χ1v) is 9.47. The molecule has 0 fully saturated rings. The molecule has 0 bridgehead atoms. The van der Waals surface area contributed by atoms with Gasteiger partial charge in [0.25, 0.3) is 0 Å².